The molecule has 1 aliphatic heterocycles. The van der Waals surface area contributed by atoms with Crippen LogP contribution < -0.4 is 0 Å². The molecule has 1 aliphatic rings. The molecule has 0 spiro atoms. The molecule has 0 unspecified atom stereocenters. The molecule has 0 aliphatic carbocycles. The molecule has 0 aromatic heterocycles. The van der Waals surface area contributed by atoms with E-state index in [0.29, 0.717) is 0 Å². The number of hydrogen-bond acceptors (Lipinski definition) is 1. The van der Waals surface area contributed by atoms with Crippen LogP contribution in [0.4, 0.5) is 0 Å². The molecule has 2 heteroatoms. The fourth-order valence-corrected chi connectivity index (χ4v) is 4.59. The van der Waals surface area contributed by atoms with E-state index < -0.39 is 0 Å². The molecule has 1 heterocycles. The Labute approximate surface area is 41.9 Å². The maximum absolute atomic E-state index is 2.14. The Morgan fingerprint density at radius 3 is 2.80 bits per heavy atom. The zero-order valence-electron chi connectivity index (χ0n) is 2.94. The van der Waals surface area contributed by atoms with Crippen molar-refractivity contribution in [3.63, 3.8) is 0 Å². The quantitative estimate of drug-likeness (QED) is 0.470. The summed E-state index contributed by atoms with van der Waals surface area (Å²) in [5.41, 5.74) is 0. The van der Waals surface area contributed by atoms with E-state index in [0.717, 1.165) is 13.8 Å². The average Bonchev–Trinajstić information content (AvgIpc) is 1.76. The average molecular weight is 153 g/mol. The van der Waals surface area contributed by atoms with Gasteiger partial charge in [-0.05, 0) is 0 Å². The molecule has 0 bridgehead atoms. The van der Waals surface area contributed by atoms with Crippen molar-refractivity contribution < 1.29 is 0 Å². The zero-order valence-corrected chi connectivity index (χ0v) is 5.47. The fraction of sp³-hybridized carbons (Fsp3) is 1.00. The summed E-state index contributed by atoms with van der Waals surface area (Å²) in [6.07, 6.45) is 1.49. The molecule has 30 valence electrons. The molecular formula is C3H6SSe. The van der Waals surface area contributed by atoms with Crippen molar-refractivity contribution in [2.75, 3.05) is 5.75 Å². The fourth-order valence-electron chi connectivity index (χ4n) is 0.295. The van der Waals surface area contributed by atoms with E-state index in [1.165, 1.54) is 17.5 Å². The van der Waals surface area contributed by atoms with E-state index >= 15 is 0 Å². The maximum atomic E-state index is 2.14. The van der Waals surface area contributed by atoms with E-state index in [-0.39, 0.29) is 0 Å². The van der Waals surface area contributed by atoms with Gasteiger partial charge in [-0.3, -0.25) is 0 Å². The monoisotopic (exact) mass is 154 g/mol. The van der Waals surface area contributed by atoms with Gasteiger partial charge in [0.1, 0.15) is 0 Å². The van der Waals surface area contributed by atoms with E-state index in [2.05, 4.69) is 10.2 Å². The third kappa shape index (κ3) is 1.16. The molecular weight excluding hydrogens is 147 g/mol. The standard InChI is InChI=1S/C3H6SSe/c1-2-4-5-3-1/h1-3H2. The van der Waals surface area contributed by atoms with Crippen LogP contribution in [0.1, 0.15) is 6.42 Å². The molecule has 0 nitrogen and oxygen atoms in total. The van der Waals surface area contributed by atoms with E-state index in [9.17, 15) is 0 Å². The van der Waals surface area contributed by atoms with Gasteiger partial charge in [0.25, 0.3) is 0 Å². The molecule has 0 aromatic rings. The Kier molecular flexibility index (Phi) is 1.71. The van der Waals surface area contributed by atoms with Crippen molar-refractivity contribution in [1.82, 2.24) is 0 Å². The Morgan fingerprint density at radius 1 is 1.60 bits per heavy atom. The van der Waals surface area contributed by atoms with Crippen LogP contribution in [0.15, 0.2) is 0 Å². The van der Waals surface area contributed by atoms with Crippen molar-refractivity contribution in [2.45, 2.75) is 11.7 Å². The van der Waals surface area contributed by atoms with Gasteiger partial charge in [-0.15, -0.1) is 0 Å². The van der Waals surface area contributed by atoms with Crippen LogP contribution in [0.5, 0.6) is 0 Å². The second-order valence-electron chi connectivity index (χ2n) is 0.998. The van der Waals surface area contributed by atoms with Gasteiger partial charge in [-0.2, -0.15) is 0 Å². The predicted molar refractivity (Wildman–Crippen MR) is 27.6 cm³/mol. The van der Waals surface area contributed by atoms with Crippen molar-refractivity contribution >= 4 is 24.0 Å². The second-order valence-corrected chi connectivity index (χ2v) is 5.70. The molecule has 0 atom stereocenters. The topological polar surface area (TPSA) is 0 Å². The minimum absolute atomic E-state index is 0.986. The van der Waals surface area contributed by atoms with Gasteiger partial charge >= 0.3 is 41.5 Å². The van der Waals surface area contributed by atoms with Crippen LogP contribution in [0.3, 0.4) is 0 Å². The summed E-state index contributed by atoms with van der Waals surface area (Å²) in [5.74, 6) is 1.44. The minimum atomic E-state index is 0.986. The summed E-state index contributed by atoms with van der Waals surface area (Å²) >= 11 is 0.986. The van der Waals surface area contributed by atoms with Crippen LogP contribution in [-0.2, 0) is 0 Å². The molecule has 1 saturated heterocycles. The molecule has 0 N–H and O–H groups in total. The molecule has 5 heavy (non-hydrogen) atoms. The first-order valence-electron chi connectivity index (χ1n) is 1.74. The van der Waals surface area contributed by atoms with Gasteiger partial charge < -0.3 is 0 Å². The van der Waals surface area contributed by atoms with Crippen LogP contribution >= 0.6 is 10.2 Å². The molecule has 0 aromatic carbocycles. The summed E-state index contributed by atoms with van der Waals surface area (Å²) < 4.78 is 0. The summed E-state index contributed by atoms with van der Waals surface area (Å²) in [6, 6.07) is 0. The SMILES string of the molecule is C1CS[Se]C1. The van der Waals surface area contributed by atoms with E-state index in [1.807, 2.05) is 0 Å². The first-order valence-corrected chi connectivity index (χ1v) is 5.96. The Hall–Kier alpha value is 0.869. The Morgan fingerprint density at radius 2 is 2.60 bits per heavy atom. The zero-order chi connectivity index (χ0) is 3.54. The third-order valence-corrected chi connectivity index (χ3v) is 5.08. The van der Waals surface area contributed by atoms with Crippen LogP contribution in [0, 0.1) is 0 Å². The summed E-state index contributed by atoms with van der Waals surface area (Å²) in [4.78, 5) is 0. The molecule has 0 saturated carbocycles. The van der Waals surface area contributed by atoms with Crippen LogP contribution in [-0.4, -0.2) is 19.6 Å². The van der Waals surface area contributed by atoms with Gasteiger partial charge in [0.15, 0.2) is 0 Å². The van der Waals surface area contributed by atoms with Crippen molar-refractivity contribution in [3.8, 4) is 0 Å². The van der Waals surface area contributed by atoms with Crippen LogP contribution in [0.25, 0.3) is 0 Å². The van der Waals surface area contributed by atoms with Crippen molar-refractivity contribution in [3.05, 3.63) is 0 Å². The number of hydrogen-bond donors (Lipinski definition) is 0. The summed E-state index contributed by atoms with van der Waals surface area (Å²) in [7, 11) is 2.14. The van der Waals surface area contributed by atoms with Crippen LogP contribution in [0.2, 0.25) is 5.32 Å². The Balaban J connectivity index is 2.08. The summed E-state index contributed by atoms with van der Waals surface area (Å²) in [5, 5.41) is 1.53. The normalized spacial score (nSPS) is 24.0. The van der Waals surface area contributed by atoms with Crippen molar-refractivity contribution in [1.29, 1.82) is 0 Å². The van der Waals surface area contributed by atoms with E-state index in [1.54, 1.807) is 0 Å². The third-order valence-electron chi connectivity index (χ3n) is 0.539. The molecule has 1 rings (SSSR count). The first-order chi connectivity index (χ1) is 2.50. The molecule has 0 amide bonds. The first kappa shape index (κ1) is 4.04. The number of rotatable bonds is 0. The van der Waals surface area contributed by atoms with Gasteiger partial charge in [-0.25, -0.2) is 0 Å². The van der Waals surface area contributed by atoms with Gasteiger partial charge in [0.2, 0.25) is 0 Å². The predicted octanol–water partition coefficient (Wildman–Crippen LogP) is 1.16. The molecule has 1 fully saturated rings. The van der Waals surface area contributed by atoms with Gasteiger partial charge in [-0.1, -0.05) is 0 Å². The van der Waals surface area contributed by atoms with Gasteiger partial charge in [0.05, 0.1) is 0 Å². The second kappa shape index (κ2) is 2.12. The summed E-state index contributed by atoms with van der Waals surface area (Å²) in [6.45, 7) is 0. The van der Waals surface area contributed by atoms with Gasteiger partial charge in [0, 0.05) is 0 Å². The Bertz CT molecular complexity index is 18.5. The molecule has 0 radical (unpaired) electrons. The van der Waals surface area contributed by atoms with E-state index in [4.69, 9.17) is 0 Å². The van der Waals surface area contributed by atoms with Crippen molar-refractivity contribution in [2.24, 2.45) is 0 Å².